The molecule has 2 aliphatic rings. The molecule has 1 aliphatic carbocycles. The molecule has 1 spiro atoms. The second-order valence-corrected chi connectivity index (χ2v) is 8.75. The Balaban J connectivity index is 1.42. The number of nitrogens with zero attached hydrogens (tertiary/aromatic N) is 2. The molecule has 4 rings (SSSR count). The number of rotatable bonds is 4. The van der Waals surface area contributed by atoms with Crippen molar-refractivity contribution in [2.75, 3.05) is 11.9 Å². The Labute approximate surface area is 173 Å². The van der Waals surface area contributed by atoms with Crippen molar-refractivity contribution in [3.63, 3.8) is 0 Å². The van der Waals surface area contributed by atoms with Crippen molar-refractivity contribution < 1.29 is 14.4 Å². The van der Waals surface area contributed by atoms with Crippen molar-refractivity contribution in [2.24, 2.45) is 5.92 Å². The zero-order chi connectivity index (χ0) is 20.6. The minimum absolute atomic E-state index is 0.0665. The van der Waals surface area contributed by atoms with E-state index in [4.69, 9.17) is 0 Å². The predicted molar refractivity (Wildman–Crippen MR) is 112 cm³/mol. The molecule has 0 radical (unpaired) electrons. The maximum absolute atomic E-state index is 13.0. The third-order valence-corrected chi connectivity index (χ3v) is 6.66. The van der Waals surface area contributed by atoms with Gasteiger partial charge in [-0.15, -0.1) is 11.3 Å². The number of carbonyl (C=O) groups excluding carboxylic acids is 3. The Hall–Kier alpha value is -2.74. The zero-order valence-electron chi connectivity index (χ0n) is 16.5. The highest BCUT2D eigenvalue weighted by molar-refractivity contribution is 7.14. The van der Waals surface area contributed by atoms with Crippen molar-refractivity contribution >= 4 is 34.3 Å². The number of benzene rings is 1. The minimum Gasteiger partial charge on any atom is -0.323 e. The van der Waals surface area contributed by atoms with E-state index in [9.17, 15) is 14.4 Å². The molecule has 2 aromatic rings. The second kappa shape index (κ2) is 7.59. The predicted octanol–water partition coefficient (Wildman–Crippen LogP) is 3.56. The Bertz CT molecular complexity index is 955. The fourth-order valence-corrected chi connectivity index (χ4v) is 4.87. The van der Waals surface area contributed by atoms with Gasteiger partial charge in [-0.3, -0.25) is 14.5 Å². The summed E-state index contributed by atoms with van der Waals surface area (Å²) in [5, 5.41) is 7.88. The van der Waals surface area contributed by atoms with E-state index in [1.165, 1.54) is 11.3 Å². The topological polar surface area (TPSA) is 91.4 Å². The third-order valence-electron chi connectivity index (χ3n) is 5.90. The molecule has 8 heteroatoms. The van der Waals surface area contributed by atoms with Gasteiger partial charge in [0, 0.05) is 10.9 Å². The molecule has 152 valence electrons. The van der Waals surface area contributed by atoms with Crippen LogP contribution in [0.3, 0.4) is 0 Å². The van der Waals surface area contributed by atoms with Gasteiger partial charge in [-0.25, -0.2) is 9.78 Å². The smallest absolute Gasteiger partial charge is 0.323 e. The normalized spacial score (nSPS) is 24.1. The standard InChI is InChI=1S/C21H24N4O3S/c1-13-6-8-15(9-7-13)16-12-29-19(22-16)23-17(26)11-25-18(27)21(24-20(25)28)10-4-3-5-14(21)2/h6-9,12,14H,3-5,10-11H2,1-2H3,(H,24,28)(H,22,23,26). The molecule has 1 aliphatic heterocycles. The van der Waals surface area contributed by atoms with E-state index in [-0.39, 0.29) is 18.4 Å². The van der Waals surface area contributed by atoms with E-state index in [0.717, 1.165) is 41.0 Å². The monoisotopic (exact) mass is 412 g/mol. The number of amides is 4. The summed E-state index contributed by atoms with van der Waals surface area (Å²) in [6.45, 7) is 3.70. The van der Waals surface area contributed by atoms with Crippen LogP contribution in [0.2, 0.25) is 0 Å². The molecule has 2 unspecified atom stereocenters. The first-order valence-corrected chi connectivity index (χ1v) is 10.7. The van der Waals surface area contributed by atoms with Crippen molar-refractivity contribution in [3.05, 3.63) is 35.2 Å². The number of carbonyl (C=O) groups is 3. The van der Waals surface area contributed by atoms with Gasteiger partial charge in [0.25, 0.3) is 5.91 Å². The fraction of sp³-hybridized carbons (Fsp3) is 0.429. The number of anilines is 1. The van der Waals surface area contributed by atoms with E-state index in [1.807, 2.05) is 43.5 Å². The van der Waals surface area contributed by atoms with Crippen LogP contribution in [-0.2, 0) is 9.59 Å². The lowest BCUT2D eigenvalue weighted by molar-refractivity contribution is -0.136. The van der Waals surface area contributed by atoms with Crippen LogP contribution < -0.4 is 10.6 Å². The van der Waals surface area contributed by atoms with Gasteiger partial charge in [0.05, 0.1) is 5.69 Å². The zero-order valence-corrected chi connectivity index (χ0v) is 17.3. The lowest BCUT2D eigenvalue weighted by Gasteiger charge is -2.36. The summed E-state index contributed by atoms with van der Waals surface area (Å²) in [7, 11) is 0. The molecule has 1 aromatic carbocycles. The third kappa shape index (κ3) is 3.64. The van der Waals surface area contributed by atoms with Crippen molar-refractivity contribution in [1.82, 2.24) is 15.2 Å². The van der Waals surface area contributed by atoms with Crippen molar-refractivity contribution in [2.45, 2.75) is 45.1 Å². The van der Waals surface area contributed by atoms with Crippen LogP contribution in [0.15, 0.2) is 29.6 Å². The SMILES string of the molecule is Cc1ccc(-c2csc(NC(=O)CN3C(=O)NC4(CCCCC4C)C3=O)n2)cc1. The van der Waals surface area contributed by atoms with Crippen LogP contribution in [0.25, 0.3) is 11.3 Å². The lowest BCUT2D eigenvalue weighted by Crippen LogP contribution is -2.54. The second-order valence-electron chi connectivity index (χ2n) is 7.89. The quantitative estimate of drug-likeness (QED) is 0.751. The van der Waals surface area contributed by atoms with Crippen molar-refractivity contribution in [1.29, 1.82) is 0 Å². The highest BCUT2D eigenvalue weighted by atomic mass is 32.1. The number of imide groups is 1. The van der Waals surface area contributed by atoms with Gasteiger partial charge < -0.3 is 10.6 Å². The summed E-state index contributed by atoms with van der Waals surface area (Å²) < 4.78 is 0. The van der Waals surface area contributed by atoms with Gasteiger partial charge in [0.2, 0.25) is 5.91 Å². The largest absolute Gasteiger partial charge is 0.325 e. The number of aromatic nitrogens is 1. The van der Waals surface area contributed by atoms with E-state index < -0.39 is 17.5 Å². The van der Waals surface area contributed by atoms with Crippen molar-refractivity contribution in [3.8, 4) is 11.3 Å². The Morgan fingerprint density at radius 3 is 2.79 bits per heavy atom. The van der Waals surface area contributed by atoms with Gasteiger partial charge in [0.1, 0.15) is 12.1 Å². The molecule has 1 aromatic heterocycles. The average Bonchev–Trinajstić information content (AvgIpc) is 3.24. The Morgan fingerprint density at radius 2 is 2.07 bits per heavy atom. The molecule has 1 saturated heterocycles. The van der Waals surface area contributed by atoms with Crippen LogP contribution in [0.5, 0.6) is 0 Å². The van der Waals surface area contributed by atoms with E-state index in [0.29, 0.717) is 11.6 Å². The van der Waals surface area contributed by atoms with E-state index >= 15 is 0 Å². The van der Waals surface area contributed by atoms with Crippen LogP contribution in [0, 0.1) is 12.8 Å². The molecule has 2 heterocycles. The number of hydrogen-bond donors (Lipinski definition) is 2. The molecule has 29 heavy (non-hydrogen) atoms. The summed E-state index contributed by atoms with van der Waals surface area (Å²) in [6, 6.07) is 7.49. The first kappa shape index (κ1) is 19.6. The van der Waals surface area contributed by atoms with Crippen LogP contribution in [-0.4, -0.2) is 39.8 Å². The first-order chi connectivity index (χ1) is 13.9. The minimum atomic E-state index is -0.852. The maximum Gasteiger partial charge on any atom is 0.325 e. The average molecular weight is 413 g/mol. The summed E-state index contributed by atoms with van der Waals surface area (Å²) in [4.78, 5) is 43.3. The van der Waals surface area contributed by atoms with E-state index in [2.05, 4.69) is 15.6 Å². The summed E-state index contributed by atoms with van der Waals surface area (Å²) in [5.74, 6) is -0.653. The molecule has 1 saturated carbocycles. The summed E-state index contributed by atoms with van der Waals surface area (Å²) in [5.41, 5.74) is 2.05. The molecule has 7 nitrogen and oxygen atoms in total. The fourth-order valence-electron chi connectivity index (χ4n) is 4.13. The van der Waals surface area contributed by atoms with Crippen LogP contribution >= 0.6 is 11.3 Å². The molecule has 4 amide bonds. The molecular weight excluding hydrogens is 388 g/mol. The number of nitrogens with one attached hydrogen (secondary N) is 2. The van der Waals surface area contributed by atoms with Gasteiger partial charge in [-0.2, -0.15) is 0 Å². The lowest BCUT2D eigenvalue weighted by atomic mass is 9.73. The number of urea groups is 1. The van der Waals surface area contributed by atoms with Crippen LogP contribution in [0.4, 0.5) is 9.93 Å². The molecular formula is C21H24N4O3S. The number of aryl methyl sites for hydroxylation is 1. The van der Waals surface area contributed by atoms with Gasteiger partial charge in [-0.1, -0.05) is 49.6 Å². The Kier molecular flexibility index (Phi) is 5.12. The number of hydrogen-bond acceptors (Lipinski definition) is 5. The molecule has 2 atom stereocenters. The maximum atomic E-state index is 13.0. The molecule has 2 N–H and O–H groups in total. The van der Waals surface area contributed by atoms with Gasteiger partial charge >= 0.3 is 6.03 Å². The highest BCUT2D eigenvalue weighted by Crippen LogP contribution is 2.38. The molecule has 2 fully saturated rings. The summed E-state index contributed by atoms with van der Waals surface area (Å²) >= 11 is 1.31. The number of thiazole rings is 1. The molecule has 0 bridgehead atoms. The Morgan fingerprint density at radius 1 is 1.31 bits per heavy atom. The highest BCUT2D eigenvalue weighted by Gasteiger charge is 2.55. The van der Waals surface area contributed by atoms with E-state index in [1.54, 1.807) is 0 Å². The first-order valence-electron chi connectivity index (χ1n) is 9.85. The van der Waals surface area contributed by atoms with Gasteiger partial charge in [-0.05, 0) is 25.7 Å². The van der Waals surface area contributed by atoms with Crippen LogP contribution in [0.1, 0.15) is 38.2 Å². The summed E-state index contributed by atoms with van der Waals surface area (Å²) in [6.07, 6.45) is 3.48. The van der Waals surface area contributed by atoms with Gasteiger partial charge in [0.15, 0.2) is 5.13 Å².